The second-order valence-electron chi connectivity index (χ2n) is 8.12. The van der Waals surface area contributed by atoms with Gasteiger partial charge in [0.25, 0.3) is 0 Å². The van der Waals surface area contributed by atoms with Crippen molar-refractivity contribution in [2.24, 2.45) is 22.9 Å². The van der Waals surface area contributed by atoms with Crippen LogP contribution in [-0.4, -0.2) is 136 Å². The summed E-state index contributed by atoms with van der Waals surface area (Å²) in [6, 6.07) is -2.41. The zero-order valence-corrected chi connectivity index (χ0v) is 17.2. The molecule has 14 atom stereocenters. The van der Waals surface area contributed by atoms with Gasteiger partial charge in [-0.15, -0.1) is 0 Å². The molecule has 15 heteroatoms. The summed E-state index contributed by atoms with van der Waals surface area (Å²) in [6.07, 6.45) is -15.3. The molecule has 14 N–H and O–H groups in total. The first-order valence-corrected chi connectivity index (χ1v) is 10.3. The second kappa shape index (κ2) is 10.8. The van der Waals surface area contributed by atoms with Gasteiger partial charge < -0.3 is 77.3 Å². The standard InChI is InChI=1S/C17H34N4O11/c18-1-4-9(23)11(25)7(20)16(29-4)31-13-5(2-19)28-15(27)8(21)14(13)32-17-12(26)10(24)6(3-22)30-17/h4-17,22-27H,1-3,18-21H2/t4-,5-,6-,7-,8-,9-,10-,11-,12-,13-,14-,15-,16-,17+/m1/s1. The molecule has 3 aliphatic heterocycles. The minimum absolute atomic E-state index is 0.132. The van der Waals surface area contributed by atoms with E-state index in [1.54, 1.807) is 0 Å². The zero-order chi connectivity index (χ0) is 23.7. The summed E-state index contributed by atoms with van der Waals surface area (Å²) in [5.74, 6) is 0. The van der Waals surface area contributed by atoms with Gasteiger partial charge in [0.1, 0.15) is 54.9 Å². The Bertz CT molecular complexity index is 607. The summed E-state index contributed by atoms with van der Waals surface area (Å²) >= 11 is 0. The molecule has 3 saturated heterocycles. The molecule has 0 aromatic rings. The fourth-order valence-electron chi connectivity index (χ4n) is 4.02. The molecule has 3 fully saturated rings. The molecule has 0 radical (unpaired) electrons. The Balaban J connectivity index is 1.81. The topological polar surface area (TPSA) is 272 Å². The number of rotatable bonds is 7. The lowest BCUT2D eigenvalue weighted by atomic mass is 9.95. The fourth-order valence-corrected chi connectivity index (χ4v) is 4.02. The maximum absolute atomic E-state index is 10.2. The minimum Gasteiger partial charge on any atom is -0.394 e. The van der Waals surface area contributed by atoms with Crippen molar-refractivity contribution >= 4 is 0 Å². The number of aliphatic hydroxyl groups excluding tert-OH is 6. The van der Waals surface area contributed by atoms with E-state index in [0.717, 1.165) is 0 Å². The van der Waals surface area contributed by atoms with Crippen LogP contribution in [0.3, 0.4) is 0 Å². The van der Waals surface area contributed by atoms with Gasteiger partial charge in [0.05, 0.1) is 18.7 Å². The van der Waals surface area contributed by atoms with E-state index in [-0.39, 0.29) is 13.1 Å². The molecule has 0 aromatic carbocycles. The third kappa shape index (κ3) is 4.92. The molecule has 0 spiro atoms. The van der Waals surface area contributed by atoms with E-state index in [2.05, 4.69) is 0 Å². The highest BCUT2D eigenvalue weighted by Gasteiger charge is 2.52. The summed E-state index contributed by atoms with van der Waals surface area (Å²) in [6.45, 7) is -0.859. The van der Waals surface area contributed by atoms with Crippen LogP contribution in [0.2, 0.25) is 0 Å². The van der Waals surface area contributed by atoms with Crippen LogP contribution in [0.25, 0.3) is 0 Å². The Morgan fingerprint density at radius 1 is 0.625 bits per heavy atom. The van der Waals surface area contributed by atoms with Crippen LogP contribution in [0.1, 0.15) is 0 Å². The Morgan fingerprint density at radius 2 is 1.19 bits per heavy atom. The van der Waals surface area contributed by atoms with E-state index in [1.807, 2.05) is 0 Å². The predicted molar refractivity (Wildman–Crippen MR) is 103 cm³/mol. The van der Waals surface area contributed by atoms with Crippen LogP contribution in [0, 0.1) is 0 Å². The third-order valence-electron chi connectivity index (χ3n) is 6.01. The lowest BCUT2D eigenvalue weighted by molar-refractivity contribution is -0.335. The number of nitrogens with two attached hydrogens (primary N) is 4. The van der Waals surface area contributed by atoms with Crippen molar-refractivity contribution < 1.29 is 54.3 Å². The maximum Gasteiger partial charge on any atom is 0.187 e. The van der Waals surface area contributed by atoms with Crippen LogP contribution in [-0.2, 0) is 23.7 Å². The Morgan fingerprint density at radius 3 is 1.75 bits per heavy atom. The smallest absolute Gasteiger partial charge is 0.187 e. The molecular weight excluding hydrogens is 436 g/mol. The van der Waals surface area contributed by atoms with Gasteiger partial charge in [-0.1, -0.05) is 0 Å². The lowest BCUT2D eigenvalue weighted by Crippen LogP contribution is -2.68. The van der Waals surface area contributed by atoms with Gasteiger partial charge in [-0.3, -0.25) is 0 Å². The maximum atomic E-state index is 10.2. The van der Waals surface area contributed by atoms with Gasteiger partial charge in [-0.05, 0) is 0 Å². The molecule has 32 heavy (non-hydrogen) atoms. The molecular formula is C17H34N4O11. The summed E-state index contributed by atoms with van der Waals surface area (Å²) in [7, 11) is 0. The Labute approximate surface area is 183 Å². The van der Waals surface area contributed by atoms with Crippen molar-refractivity contribution in [3.05, 3.63) is 0 Å². The summed E-state index contributed by atoms with van der Waals surface area (Å²) in [4.78, 5) is 0. The van der Waals surface area contributed by atoms with Gasteiger partial charge >= 0.3 is 0 Å². The van der Waals surface area contributed by atoms with Crippen molar-refractivity contribution in [2.45, 2.75) is 85.9 Å². The molecule has 0 saturated carbocycles. The van der Waals surface area contributed by atoms with Gasteiger partial charge in [-0.25, -0.2) is 0 Å². The average molecular weight is 470 g/mol. The monoisotopic (exact) mass is 470 g/mol. The van der Waals surface area contributed by atoms with Gasteiger partial charge in [-0.2, -0.15) is 0 Å². The lowest BCUT2D eigenvalue weighted by Gasteiger charge is -2.47. The molecule has 0 bridgehead atoms. The van der Waals surface area contributed by atoms with E-state index in [9.17, 15) is 30.6 Å². The molecule has 0 aliphatic carbocycles. The Kier molecular flexibility index (Phi) is 8.75. The molecule has 0 amide bonds. The molecule has 0 unspecified atom stereocenters. The first-order chi connectivity index (χ1) is 15.1. The van der Waals surface area contributed by atoms with Crippen LogP contribution >= 0.6 is 0 Å². The average Bonchev–Trinajstić information content (AvgIpc) is 3.06. The first kappa shape index (κ1) is 26.0. The highest BCUT2D eigenvalue weighted by atomic mass is 16.7. The normalized spacial score (nSPS) is 52.3. The van der Waals surface area contributed by atoms with Crippen LogP contribution in [0.15, 0.2) is 0 Å². The van der Waals surface area contributed by atoms with E-state index in [1.165, 1.54) is 0 Å². The molecule has 188 valence electrons. The van der Waals surface area contributed by atoms with Crippen molar-refractivity contribution in [3.8, 4) is 0 Å². The van der Waals surface area contributed by atoms with Crippen molar-refractivity contribution in [1.82, 2.24) is 0 Å². The highest BCUT2D eigenvalue weighted by Crippen LogP contribution is 2.31. The van der Waals surface area contributed by atoms with Gasteiger partial charge in [0, 0.05) is 13.1 Å². The number of hydrogen-bond donors (Lipinski definition) is 10. The summed E-state index contributed by atoms with van der Waals surface area (Å²) in [5, 5.41) is 59.9. The summed E-state index contributed by atoms with van der Waals surface area (Å²) in [5.41, 5.74) is 23.3. The van der Waals surface area contributed by atoms with E-state index >= 15 is 0 Å². The van der Waals surface area contributed by atoms with Crippen LogP contribution in [0.5, 0.6) is 0 Å². The number of hydrogen-bond acceptors (Lipinski definition) is 15. The number of ether oxygens (including phenoxy) is 5. The predicted octanol–water partition coefficient (Wildman–Crippen LogP) is -7.07. The summed E-state index contributed by atoms with van der Waals surface area (Å²) < 4.78 is 28.0. The van der Waals surface area contributed by atoms with Crippen molar-refractivity contribution in [3.63, 3.8) is 0 Å². The fraction of sp³-hybridized carbons (Fsp3) is 1.00. The van der Waals surface area contributed by atoms with E-state index in [4.69, 9.17) is 46.6 Å². The van der Waals surface area contributed by atoms with Crippen molar-refractivity contribution in [1.29, 1.82) is 0 Å². The highest BCUT2D eigenvalue weighted by molar-refractivity contribution is 4.98. The van der Waals surface area contributed by atoms with E-state index in [0.29, 0.717) is 0 Å². The molecule has 15 nitrogen and oxygen atoms in total. The van der Waals surface area contributed by atoms with Crippen LogP contribution in [0.4, 0.5) is 0 Å². The third-order valence-corrected chi connectivity index (χ3v) is 6.01. The quantitative estimate of drug-likeness (QED) is 0.165. The van der Waals surface area contributed by atoms with Gasteiger partial charge in [0.2, 0.25) is 0 Å². The van der Waals surface area contributed by atoms with Crippen LogP contribution < -0.4 is 22.9 Å². The van der Waals surface area contributed by atoms with Crippen molar-refractivity contribution in [2.75, 3.05) is 19.7 Å². The largest absolute Gasteiger partial charge is 0.394 e. The van der Waals surface area contributed by atoms with E-state index < -0.39 is 92.5 Å². The molecule has 3 rings (SSSR count). The first-order valence-electron chi connectivity index (χ1n) is 10.3. The van der Waals surface area contributed by atoms with Gasteiger partial charge in [0.15, 0.2) is 18.9 Å². The zero-order valence-electron chi connectivity index (χ0n) is 17.2. The molecule has 3 aliphatic rings. The SMILES string of the molecule is NC[C@H]1O[C@H](O[C@H]2[C@H](O[C@@H]3O[C@H](CO)[C@@H](O)[C@H]3O)[C@@H](N)[C@H](O)O[C@@H]2CN)[C@H](N)[C@@H](O)[C@@H]1O. The second-order valence-corrected chi connectivity index (χ2v) is 8.12. The Hall–Kier alpha value is -0.600. The number of aliphatic hydroxyl groups is 6. The minimum atomic E-state index is -1.52. The molecule has 3 heterocycles. The molecule has 0 aromatic heterocycles.